The third-order valence-electron chi connectivity index (χ3n) is 3.11. The van der Waals surface area contributed by atoms with E-state index >= 15 is 0 Å². The van der Waals surface area contributed by atoms with E-state index in [0.29, 0.717) is 27.8 Å². The van der Waals surface area contributed by atoms with Gasteiger partial charge in [0, 0.05) is 24.4 Å². The van der Waals surface area contributed by atoms with Crippen LogP contribution in [0.25, 0.3) is 0 Å². The minimum absolute atomic E-state index is 0.0178. The molecule has 2 aromatic rings. The minimum Gasteiger partial charge on any atom is -0.375 e. The van der Waals surface area contributed by atoms with Gasteiger partial charge in [0.1, 0.15) is 6.61 Å². The first kappa shape index (κ1) is 18.3. The van der Waals surface area contributed by atoms with E-state index in [4.69, 9.17) is 27.9 Å². The van der Waals surface area contributed by atoms with Gasteiger partial charge in [0.05, 0.1) is 10.6 Å². The molecule has 24 heavy (non-hydrogen) atoms. The monoisotopic (exact) mass is 366 g/mol. The molecular formula is C17H16Cl2N2O3. The number of nitrogens with one attached hydrogen (secondary N) is 2. The summed E-state index contributed by atoms with van der Waals surface area (Å²) in [5.41, 5.74) is 1.82. The summed E-state index contributed by atoms with van der Waals surface area (Å²) in [6, 6.07) is 11.9. The van der Waals surface area contributed by atoms with Crippen LogP contribution in [0.1, 0.15) is 15.9 Å². The van der Waals surface area contributed by atoms with Crippen molar-refractivity contribution in [2.45, 2.75) is 6.54 Å². The Hall–Kier alpha value is -2.08. The average molecular weight is 367 g/mol. The van der Waals surface area contributed by atoms with Crippen LogP contribution in [0.5, 0.6) is 0 Å². The second-order valence-electron chi connectivity index (χ2n) is 4.99. The number of methoxy groups -OCH3 is 1. The highest BCUT2D eigenvalue weighted by Crippen LogP contribution is 2.21. The Morgan fingerprint density at radius 1 is 1.12 bits per heavy atom. The van der Waals surface area contributed by atoms with E-state index in [1.165, 1.54) is 13.2 Å². The fourth-order valence-corrected chi connectivity index (χ4v) is 2.53. The van der Waals surface area contributed by atoms with Crippen molar-refractivity contribution in [2.24, 2.45) is 0 Å². The maximum Gasteiger partial charge on any atom is 0.253 e. The lowest BCUT2D eigenvalue weighted by molar-refractivity contribution is -0.119. The van der Waals surface area contributed by atoms with Gasteiger partial charge in [-0.05, 0) is 35.9 Å². The molecule has 2 aromatic carbocycles. The Balaban J connectivity index is 1.98. The molecule has 0 fully saturated rings. The molecule has 126 valence electrons. The summed E-state index contributed by atoms with van der Waals surface area (Å²) in [4.78, 5) is 23.7. The third-order valence-corrected chi connectivity index (χ3v) is 3.66. The zero-order valence-corrected chi connectivity index (χ0v) is 14.4. The maximum atomic E-state index is 12.2. The molecule has 0 aliphatic heterocycles. The molecule has 0 unspecified atom stereocenters. The number of rotatable bonds is 6. The van der Waals surface area contributed by atoms with Crippen molar-refractivity contribution < 1.29 is 14.3 Å². The van der Waals surface area contributed by atoms with Gasteiger partial charge in [-0.3, -0.25) is 9.59 Å². The van der Waals surface area contributed by atoms with Gasteiger partial charge in [-0.15, -0.1) is 0 Å². The molecule has 0 heterocycles. The standard InChI is InChI=1S/C17H16Cl2N2O3/c1-24-10-16(22)21-13-4-2-3-11(7-13)9-20-17(23)14-6-5-12(18)8-15(14)19/h2-8H,9-10H2,1H3,(H,20,23)(H,21,22). The van der Waals surface area contributed by atoms with E-state index in [9.17, 15) is 9.59 Å². The van der Waals surface area contributed by atoms with Crippen molar-refractivity contribution in [1.29, 1.82) is 0 Å². The third kappa shape index (κ3) is 5.23. The smallest absolute Gasteiger partial charge is 0.253 e. The van der Waals surface area contributed by atoms with E-state index < -0.39 is 0 Å². The van der Waals surface area contributed by atoms with Gasteiger partial charge in [0.25, 0.3) is 5.91 Å². The first-order valence-corrected chi connectivity index (χ1v) is 7.86. The van der Waals surface area contributed by atoms with Crippen molar-refractivity contribution in [1.82, 2.24) is 5.32 Å². The zero-order chi connectivity index (χ0) is 17.5. The molecule has 7 heteroatoms. The largest absolute Gasteiger partial charge is 0.375 e. The number of amides is 2. The van der Waals surface area contributed by atoms with E-state index in [-0.39, 0.29) is 18.4 Å². The number of halogens is 2. The highest BCUT2D eigenvalue weighted by Gasteiger charge is 2.10. The second kappa shape index (κ2) is 8.68. The van der Waals surface area contributed by atoms with Crippen molar-refractivity contribution >= 4 is 40.7 Å². The lowest BCUT2D eigenvalue weighted by Crippen LogP contribution is -2.23. The second-order valence-corrected chi connectivity index (χ2v) is 5.83. The van der Waals surface area contributed by atoms with Gasteiger partial charge in [-0.2, -0.15) is 0 Å². The number of anilines is 1. The minimum atomic E-state index is -0.300. The normalized spacial score (nSPS) is 10.3. The van der Waals surface area contributed by atoms with Gasteiger partial charge in [0.15, 0.2) is 0 Å². The molecule has 2 amide bonds. The fraction of sp³-hybridized carbons (Fsp3) is 0.176. The molecule has 0 saturated heterocycles. The number of carbonyl (C=O) groups excluding carboxylic acids is 2. The molecule has 2 rings (SSSR count). The predicted molar refractivity (Wildman–Crippen MR) is 94.6 cm³/mol. The van der Waals surface area contributed by atoms with Crippen LogP contribution in [-0.2, 0) is 16.1 Å². The van der Waals surface area contributed by atoms with Gasteiger partial charge in [0.2, 0.25) is 5.91 Å². The quantitative estimate of drug-likeness (QED) is 0.821. The summed E-state index contributed by atoms with van der Waals surface area (Å²) in [5.74, 6) is -0.544. The highest BCUT2D eigenvalue weighted by molar-refractivity contribution is 6.36. The Morgan fingerprint density at radius 3 is 2.62 bits per heavy atom. The van der Waals surface area contributed by atoms with E-state index in [0.717, 1.165) is 5.56 Å². The van der Waals surface area contributed by atoms with Crippen LogP contribution in [-0.4, -0.2) is 25.5 Å². The number of carbonyl (C=O) groups is 2. The van der Waals surface area contributed by atoms with Crippen LogP contribution in [0.3, 0.4) is 0 Å². The van der Waals surface area contributed by atoms with E-state index in [2.05, 4.69) is 10.6 Å². The SMILES string of the molecule is COCC(=O)Nc1cccc(CNC(=O)c2ccc(Cl)cc2Cl)c1. The highest BCUT2D eigenvalue weighted by atomic mass is 35.5. The van der Waals surface area contributed by atoms with Crippen molar-refractivity contribution in [2.75, 3.05) is 19.0 Å². The maximum absolute atomic E-state index is 12.2. The Labute approximate surface area is 149 Å². The molecule has 0 saturated carbocycles. The molecule has 0 spiro atoms. The van der Waals surface area contributed by atoms with Gasteiger partial charge >= 0.3 is 0 Å². The first-order chi connectivity index (χ1) is 11.5. The zero-order valence-electron chi connectivity index (χ0n) is 12.9. The summed E-state index contributed by atoms with van der Waals surface area (Å²) in [6.07, 6.45) is 0. The van der Waals surface area contributed by atoms with Crippen molar-refractivity contribution in [3.8, 4) is 0 Å². The van der Waals surface area contributed by atoms with Gasteiger partial charge < -0.3 is 15.4 Å². The molecule has 0 aliphatic carbocycles. The van der Waals surface area contributed by atoms with Gasteiger partial charge in [-0.25, -0.2) is 0 Å². The lowest BCUT2D eigenvalue weighted by atomic mass is 10.1. The molecular weight excluding hydrogens is 351 g/mol. The van der Waals surface area contributed by atoms with Crippen LogP contribution in [0, 0.1) is 0 Å². The topological polar surface area (TPSA) is 67.4 Å². The van der Waals surface area contributed by atoms with Crippen LogP contribution < -0.4 is 10.6 Å². The summed E-state index contributed by atoms with van der Waals surface area (Å²) < 4.78 is 4.76. The molecule has 5 nitrogen and oxygen atoms in total. The first-order valence-electron chi connectivity index (χ1n) is 7.10. The predicted octanol–water partition coefficient (Wildman–Crippen LogP) is 3.51. The van der Waals surface area contributed by atoms with E-state index in [1.54, 1.807) is 30.3 Å². The number of hydrogen-bond acceptors (Lipinski definition) is 3. The van der Waals surface area contributed by atoms with Crippen LogP contribution in [0.15, 0.2) is 42.5 Å². The summed E-state index contributed by atoms with van der Waals surface area (Å²) in [6.45, 7) is 0.280. The number of ether oxygens (including phenoxy) is 1. The Morgan fingerprint density at radius 2 is 1.92 bits per heavy atom. The molecule has 2 N–H and O–H groups in total. The van der Waals surface area contributed by atoms with Crippen LogP contribution in [0.2, 0.25) is 10.0 Å². The Kier molecular flexibility index (Phi) is 6.61. The number of hydrogen-bond donors (Lipinski definition) is 2. The molecule has 0 aromatic heterocycles. The fourth-order valence-electron chi connectivity index (χ4n) is 2.04. The van der Waals surface area contributed by atoms with Crippen molar-refractivity contribution in [3.63, 3.8) is 0 Å². The summed E-state index contributed by atoms with van der Waals surface area (Å²) in [7, 11) is 1.45. The number of benzene rings is 2. The molecule has 0 aliphatic rings. The van der Waals surface area contributed by atoms with Gasteiger partial charge in [-0.1, -0.05) is 35.3 Å². The van der Waals surface area contributed by atoms with E-state index in [1.807, 2.05) is 6.07 Å². The van der Waals surface area contributed by atoms with Crippen molar-refractivity contribution in [3.05, 3.63) is 63.6 Å². The van der Waals surface area contributed by atoms with Crippen LogP contribution in [0.4, 0.5) is 5.69 Å². The lowest BCUT2D eigenvalue weighted by Gasteiger charge is -2.09. The molecule has 0 radical (unpaired) electrons. The summed E-state index contributed by atoms with van der Waals surface area (Å²) in [5, 5.41) is 6.24. The average Bonchev–Trinajstić information content (AvgIpc) is 2.53. The van der Waals surface area contributed by atoms with Crippen LogP contribution >= 0.6 is 23.2 Å². The summed E-state index contributed by atoms with van der Waals surface area (Å²) >= 11 is 11.8. The molecule has 0 bridgehead atoms. The molecule has 0 atom stereocenters. The Bertz CT molecular complexity index is 750.